The van der Waals surface area contributed by atoms with Crippen LogP contribution < -0.4 is 4.90 Å². The molecule has 3 rings (SSSR count). The van der Waals surface area contributed by atoms with Crippen molar-refractivity contribution in [1.29, 1.82) is 0 Å². The second-order valence-electron chi connectivity index (χ2n) is 5.15. The van der Waals surface area contributed by atoms with E-state index in [0.29, 0.717) is 16.9 Å². The summed E-state index contributed by atoms with van der Waals surface area (Å²) in [4.78, 5) is 10.2. The Hall–Kier alpha value is -1.81. The lowest BCUT2D eigenvalue weighted by Crippen LogP contribution is -2.33. The number of hydrogen-bond acceptors (Lipinski definition) is 8. The van der Waals surface area contributed by atoms with E-state index < -0.39 is 24.5 Å². The number of fused-ring (bicyclic) bond motifs is 1. The van der Waals surface area contributed by atoms with Crippen LogP contribution in [0.3, 0.4) is 0 Å². The number of aliphatic hydroxyl groups is 3. The molecule has 2 aromatic heterocycles. The van der Waals surface area contributed by atoms with E-state index in [4.69, 9.17) is 9.84 Å². The first-order valence-electron chi connectivity index (χ1n) is 6.52. The van der Waals surface area contributed by atoms with E-state index >= 15 is 0 Å². The van der Waals surface area contributed by atoms with E-state index in [1.165, 1.54) is 11.0 Å². The second kappa shape index (κ2) is 5.19. The molecule has 9 heteroatoms. The summed E-state index contributed by atoms with van der Waals surface area (Å²) in [7, 11) is 3.71. The van der Waals surface area contributed by atoms with Crippen molar-refractivity contribution in [3.05, 3.63) is 12.5 Å². The van der Waals surface area contributed by atoms with Crippen LogP contribution in [0.15, 0.2) is 12.5 Å². The van der Waals surface area contributed by atoms with E-state index in [0.717, 1.165) is 0 Å². The molecule has 3 heterocycles. The van der Waals surface area contributed by atoms with Crippen molar-refractivity contribution in [2.75, 3.05) is 25.6 Å². The van der Waals surface area contributed by atoms with E-state index in [1.54, 1.807) is 6.20 Å². The molecule has 114 valence electrons. The van der Waals surface area contributed by atoms with Gasteiger partial charge in [-0.3, -0.25) is 0 Å². The summed E-state index contributed by atoms with van der Waals surface area (Å²) in [6.45, 7) is -0.383. The predicted molar refractivity (Wildman–Crippen MR) is 72.7 cm³/mol. The van der Waals surface area contributed by atoms with Crippen molar-refractivity contribution < 1.29 is 20.1 Å². The maximum atomic E-state index is 10.1. The number of aliphatic hydroxyl groups excluding tert-OH is 3. The van der Waals surface area contributed by atoms with Crippen LogP contribution in [-0.4, -0.2) is 74.1 Å². The first-order chi connectivity index (χ1) is 10.0. The monoisotopic (exact) mass is 295 g/mol. The lowest BCUT2D eigenvalue weighted by atomic mass is 10.1. The Morgan fingerprint density at radius 3 is 2.67 bits per heavy atom. The minimum absolute atomic E-state index is 0.383. The van der Waals surface area contributed by atoms with Crippen LogP contribution in [0.1, 0.15) is 6.23 Å². The predicted octanol–water partition coefficient (Wildman–Crippen LogP) is -1.50. The average Bonchev–Trinajstić information content (AvgIpc) is 3.01. The molecule has 3 N–H and O–H groups in total. The molecule has 0 spiro atoms. The van der Waals surface area contributed by atoms with E-state index in [-0.39, 0.29) is 6.61 Å². The van der Waals surface area contributed by atoms with Gasteiger partial charge in [-0.1, -0.05) is 0 Å². The molecule has 0 unspecified atom stereocenters. The smallest absolute Gasteiger partial charge is 0.181 e. The molecule has 1 saturated heterocycles. The first-order valence-corrected chi connectivity index (χ1v) is 6.52. The van der Waals surface area contributed by atoms with Gasteiger partial charge in [-0.15, -0.1) is 0 Å². The molecule has 1 aliphatic heterocycles. The summed E-state index contributed by atoms with van der Waals surface area (Å²) in [5.41, 5.74) is 0.489. The number of ether oxygens (including phenoxy) is 1. The van der Waals surface area contributed by atoms with Crippen molar-refractivity contribution in [3.8, 4) is 0 Å². The molecule has 1 aliphatic rings. The van der Waals surface area contributed by atoms with Gasteiger partial charge < -0.3 is 25.0 Å². The third-order valence-corrected chi connectivity index (χ3v) is 3.55. The highest BCUT2D eigenvalue weighted by Crippen LogP contribution is 2.32. The van der Waals surface area contributed by atoms with Crippen molar-refractivity contribution in [2.45, 2.75) is 24.5 Å². The highest BCUT2D eigenvalue weighted by molar-refractivity contribution is 5.86. The summed E-state index contributed by atoms with van der Waals surface area (Å²) < 4.78 is 6.86. The molecule has 0 bridgehead atoms. The Kier molecular flexibility index (Phi) is 3.49. The van der Waals surface area contributed by atoms with Gasteiger partial charge in [0.1, 0.15) is 30.5 Å². The lowest BCUT2D eigenvalue weighted by Gasteiger charge is -2.16. The van der Waals surface area contributed by atoms with E-state index in [9.17, 15) is 10.2 Å². The molecule has 9 nitrogen and oxygen atoms in total. The van der Waals surface area contributed by atoms with Crippen LogP contribution >= 0.6 is 0 Å². The zero-order chi connectivity index (χ0) is 15.1. The van der Waals surface area contributed by atoms with Gasteiger partial charge in [0.2, 0.25) is 0 Å². The third kappa shape index (κ3) is 2.14. The molecule has 21 heavy (non-hydrogen) atoms. The topological polar surface area (TPSA) is 117 Å². The number of anilines is 1. The fraction of sp³-hybridized carbons (Fsp3) is 0.583. The van der Waals surface area contributed by atoms with Crippen LogP contribution in [0.25, 0.3) is 11.0 Å². The number of nitrogens with zero attached hydrogens (tertiary/aromatic N) is 5. The highest BCUT2D eigenvalue weighted by atomic mass is 16.6. The second-order valence-corrected chi connectivity index (χ2v) is 5.15. The van der Waals surface area contributed by atoms with Crippen molar-refractivity contribution in [2.24, 2.45) is 0 Å². The maximum Gasteiger partial charge on any atom is 0.181 e. The van der Waals surface area contributed by atoms with Gasteiger partial charge in [-0.25, -0.2) is 14.6 Å². The van der Waals surface area contributed by atoms with Gasteiger partial charge in [-0.2, -0.15) is 5.10 Å². The molecule has 4 atom stereocenters. The summed E-state index contributed by atoms with van der Waals surface area (Å²) in [6.07, 6.45) is -1.13. The normalized spacial score (nSPS) is 29.2. The van der Waals surface area contributed by atoms with Crippen LogP contribution in [0.4, 0.5) is 5.82 Å². The summed E-state index contributed by atoms with van der Waals surface area (Å²) >= 11 is 0. The zero-order valence-corrected chi connectivity index (χ0v) is 11.7. The van der Waals surface area contributed by atoms with Gasteiger partial charge in [0.05, 0.1) is 18.2 Å². The van der Waals surface area contributed by atoms with Crippen molar-refractivity contribution in [3.63, 3.8) is 0 Å². The molecule has 0 aliphatic carbocycles. The molecular weight excluding hydrogens is 278 g/mol. The minimum Gasteiger partial charge on any atom is -0.394 e. The lowest BCUT2D eigenvalue weighted by molar-refractivity contribution is -0.0566. The Labute approximate surface area is 120 Å². The Bertz CT molecular complexity index is 646. The van der Waals surface area contributed by atoms with Gasteiger partial charge in [-0.05, 0) is 0 Å². The van der Waals surface area contributed by atoms with Crippen LogP contribution in [0.5, 0.6) is 0 Å². The fourth-order valence-corrected chi connectivity index (χ4v) is 2.47. The number of aromatic nitrogens is 4. The quantitative estimate of drug-likeness (QED) is 0.626. The molecule has 1 fully saturated rings. The molecule has 0 saturated carbocycles. The summed E-state index contributed by atoms with van der Waals surface area (Å²) in [5, 5.41) is 33.9. The molecular formula is C12H17N5O4. The summed E-state index contributed by atoms with van der Waals surface area (Å²) in [6, 6.07) is 0. The zero-order valence-electron chi connectivity index (χ0n) is 11.7. The highest BCUT2D eigenvalue weighted by Gasteiger charge is 2.44. The average molecular weight is 295 g/mol. The minimum atomic E-state index is -1.19. The standard InChI is InChI=1S/C12H17N5O4/c1-16(2)10-6-3-15-17(11(6)14-5-13-10)12-9(20)8(19)7(4-18)21-12/h3,5,7-9,12,18-20H,4H2,1-2H3/t7-,8+,9+,12+/m0/s1. The van der Waals surface area contributed by atoms with Crippen molar-refractivity contribution >= 4 is 16.9 Å². The van der Waals surface area contributed by atoms with Gasteiger partial charge >= 0.3 is 0 Å². The first kappa shape index (κ1) is 14.1. The largest absolute Gasteiger partial charge is 0.394 e. The third-order valence-electron chi connectivity index (χ3n) is 3.55. The van der Waals surface area contributed by atoms with Crippen molar-refractivity contribution in [1.82, 2.24) is 19.7 Å². The van der Waals surface area contributed by atoms with Crippen LogP contribution in [0.2, 0.25) is 0 Å². The van der Waals surface area contributed by atoms with Gasteiger partial charge in [0.25, 0.3) is 0 Å². The van der Waals surface area contributed by atoms with Crippen LogP contribution in [0, 0.1) is 0 Å². The molecule has 0 amide bonds. The Morgan fingerprint density at radius 2 is 2.05 bits per heavy atom. The maximum absolute atomic E-state index is 10.1. The van der Waals surface area contributed by atoms with E-state index in [2.05, 4.69) is 15.1 Å². The Morgan fingerprint density at radius 1 is 1.29 bits per heavy atom. The summed E-state index contributed by atoms with van der Waals surface area (Å²) in [5.74, 6) is 0.693. The van der Waals surface area contributed by atoms with E-state index in [1.807, 2.05) is 19.0 Å². The molecule has 2 aromatic rings. The molecule has 0 aromatic carbocycles. The molecule has 0 radical (unpaired) electrons. The fourth-order valence-electron chi connectivity index (χ4n) is 2.47. The Balaban J connectivity index is 2.04. The van der Waals surface area contributed by atoms with Gasteiger partial charge in [0.15, 0.2) is 11.9 Å². The number of rotatable bonds is 3. The SMILES string of the molecule is CN(C)c1ncnc2c1cnn2[C@@H]1O[C@@H](CO)[C@@H](O)[C@H]1O. The van der Waals surface area contributed by atoms with Crippen LogP contribution in [-0.2, 0) is 4.74 Å². The number of hydrogen-bond donors (Lipinski definition) is 3. The van der Waals surface area contributed by atoms with Gasteiger partial charge in [0, 0.05) is 14.1 Å².